The summed E-state index contributed by atoms with van der Waals surface area (Å²) in [6.07, 6.45) is 1.52. The third-order valence-electron chi connectivity index (χ3n) is 4.38. The van der Waals surface area contributed by atoms with Crippen LogP contribution in [0.1, 0.15) is 47.8 Å². The number of hydrogen-bond acceptors (Lipinski definition) is 6. The van der Waals surface area contributed by atoms with Gasteiger partial charge >= 0.3 is 0 Å². The van der Waals surface area contributed by atoms with Crippen molar-refractivity contribution < 1.29 is 4.79 Å². The minimum Gasteiger partial charge on any atom is -0.342 e. The van der Waals surface area contributed by atoms with Crippen molar-refractivity contribution in [2.24, 2.45) is 0 Å². The number of carbonyl (C=O) groups excluding carboxylic acids is 1. The maximum atomic E-state index is 11.9. The summed E-state index contributed by atoms with van der Waals surface area (Å²) in [6.45, 7) is 9.44. The Bertz CT molecular complexity index is 738. The fourth-order valence-corrected chi connectivity index (χ4v) is 3.77. The van der Waals surface area contributed by atoms with Crippen LogP contribution in [0.4, 0.5) is 10.9 Å². The number of likely N-dealkylation sites (tertiary alicyclic amines) is 1. The largest absolute Gasteiger partial charge is 0.342 e. The van der Waals surface area contributed by atoms with E-state index in [-0.39, 0.29) is 11.8 Å². The highest BCUT2D eigenvalue weighted by atomic mass is 32.1. The van der Waals surface area contributed by atoms with Crippen molar-refractivity contribution >= 4 is 28.2 Å². The highest BCUT2D eigenvalue weighted by Crippen LogP contribution is 2.29. The minimum atomic E-state index is 0.218. The molecule has 1 unspecified atom stereocenters. The third-order valence-corrected chi connectivity index (χ3v) is 5.37. The second-order valence-corrected chi connectivity index (χ2v) is 7.39. The van der Waals surface area contributed by atoms with Crippen molar-refractivity contribution in [3.8, 4) is 0 Å². The first kappa shape index (κ1) is 16.8. The van der Waals surface area contributed by atoms with Gasteiger partial charge in [-0.15, -0.1) is 11.3 Å². The van der Waals surface area contributed by atoms with Crippen molar-refractivity contribution in [2.75, 3.05) is 18.4 Å². The average molecular weight is 345 g/mol. The van der Waals surface area contributed by atoms with Crippen molar-refractivity contribution in [1.29, 1.82) is 0 Å². The lowest BCUT2D eigenvalue weighted by Gasteiger charge is -2.16. The lowest BCUT2D eigenvalue weighted by atomic mass is 10.0. The van der Waals surface area contributed by atoms with Gasteiger partial charge in [-0.2, -0.15) is 0 Å². The van der Waals surface area contributed by atoms with E-state index in [1.54, 1.807) is 11.3 Å². The number of nitrogens with zero attached hydrogens (tertiary/aromatic N) is 4. The van der Waals surface area contributed by atoms with E-state index >= 15 is 0 Å². The molecule has 0 saturated carbocycles. The van der Waals surface area contributed by atoms with Gasteiger partial charge in [0.25, 0.3) is 0 Å². The zero-order valence-electron chi connectivity index (χ0n) is 14.6. The lowest BCUT2D eigenvalue weighted by molar-refractivity contribution is -0.129. The first-order chi connectivity index (χ1) is 11.5. The summed E-state index contributed by atoms with van der Waals surface area (Å²) < 4.78 is 0. The predicted molar refractivity (Wildman–Crippen MR) is 95.9 cm³/mol. The van der Waals surface area contributed by atoms with Crippen LogP contribution in [-0.2, 0) is 4.79 Å². The van der Waals surface area contributed by atoms with E-state index in [0.29, 0.717) is 6.42 Å². The Morgan fingerprint density at radius 3 is 2.79 bits per heavy atom. The Balaban J connectivity index is 1.78. The number of amides is 1. The van der Waals surface area contributed by atoms with E-state index in [1.807, 2.05) is 31.7 Å². The molecule has 0 bridgehead atoms. The van der Waals surface area contributed by atoms with E-state index in [2.05, 4.69) is 27.2 Å². The van der Waals surface area contributed by atoms with Crippen LogP contribution in [0.15, 0.2) is 6.07 Å². The molecule has 1 fully saturated rings. The van der Waals surface area contributed by atoms with E-state index in [0.717, 1.165) is 47.7 Å². The molecule has 7 heteroatoms. The number of aromatic nitrogens is 3. The second-order valence-electron chi connectivity index (χ2n) is 6.19. The van der Waals surface area contributed by atoms with E-state index in [4.69, 9.17) is 0 Å². The molecule has 0 aromatic carbocycles. The van der Waals surface area contributed by atoms with Gasteiger partial charge in [-0.05, 0) is 27.2 Å². The molecular formula is C17H23N5OS. The molecule has 0 spiro atoms. The van der Waals surface area contributed by atoms with Crippen molar-refractivity contribution in [2.45, 2.75) is 46.5 Å². The summed E-state index contributed by atoms with van der Waals surface area (Å²) in [5, 5.41) is 4.14. The SMILES string of the molecule is CCC(=O)N1CCC(c2cc(Nc3nc(C)c(C)s3)nc(C)n2)C1. The van der Waals surface area contributed by atoms with Gasteiger partial charge < -0.3 is 10.2 Å². The Labute approximate surface area is 146 Å². The molecular weight excluding hydrogens is 322 g/mol. The molecule has 2 aromatic rings. The van der Waals surface area contributed by atoms with Gasteiger partial charge in [-0.1, -0.05) is 6.92 Å². The molecule has 24 heavy (non-hydrogen) atoms. The Morgan fingerprint density at radius 1 is 1.33 bits per heavy atom. The average Bonchev–Trinajstić information content (AvgIpc) is 3.14. The van der Waals surface area contributed by atoms with E-state index < -0.39 is 0 Å². The van der Waals surface area contributed by atoms with Crippen LogP contribution in [0.25, 0.3) is 0 Å². The highest BCUT2D eigenvalue weighted by molar-refractivity contribution is 7.15. The number of rotatable bonds is 4. The summed E-state index contributed by atoms with van der Waals surface area (Å²) in [4.78, 5) is 28.6. The molecule has 128 valence electrons. The topological polar surface area (TPSA) is 71.0 Å². The van der Waals surface area contributed by atoms with Crippen molar-refractivity contribution in [3.63, 3.8) is 0 Å². The van der Waals surface area contributed by atoms with Crippen LogP contribution in [0.3, 0.4) is 0 Å². The lowest BCUT2D eigenvalue weighted by Crippen LogP contribution is -2.27. The molecule has 1 aliphatic rings. The summed E-state index contributed by atoms with van der Waals surface area (Å²) in [6, 6.07) is 1.99. The van der Waals surface area contributed by atoms with Crippen LogP contribution >= 0.6 is 11.3 Å². The molecule has 3 rings (SSSR count). The number of anilines is 2. The maximum absolute atomic E-state index is 11.9. The molecule has 6 nitrogen and oxygen atoms in total. The Morgan fingerprint density at radius 2 is 2.12 bits per heavy atom. The Kier molecular flexibility index (Phi) is 4.80. The fourth-order valence-electron chi connectivity index (χ4n) is 2.95. The number of thiazole rings is 1. The van der Waals surface area contributed by atoms with Crippen LogP contribution in [0.5, 0.6) is 0 Å². The van der Waals surface area contributed by atoms with Gasteiger partial charge in [0.2, 0.25) is 5.91 Å². The molecule has 3 heterocycles. The molecule has 1 saturated heterocycles. The fraction of sp³-hybridized carbons (Fsp3) is 0.529. The normalized spacial score (nSPS) is 17.3. The standard InChI is InChI=1S/C17H23N5OS/c1-5-16(23)22-7-6-13(9-22)14-8-15(20-12(4)19-14)21-17-18-10(2)11(3)24-17/h8,13H,5-7,9H2,1-4H3,(H,18,19,20,21). The number of carbonyl (C=O) groups is 1. The van der Waals surface area contributed by atoms with E-state index in [9.17, 15) is 4.79 Å². The zero-order valence-corrected chi connectivity index (χ0v) is 15.4. The first-order valence-electron chi connectivity index (χ1n) is 8.30. The maximum Gasteiger partial charge on any atom is 0.222 e. The number of hydrogen-bond donors (Lipinski definition) is 1. The van der Waals surface area contributed by atoms with Gasteiger partial charge in [0.15, 0.2) is 5.13 Å². The van der Waals surface area contributed by atoms with Gasteiger partial charge in [-0.3, -0.25) is 4.79 Å². The molecule has 0 aliphatic carbocycles. The van der Waals surface area contributed by atoms with Crippen LogP contribution in [0.2, 0.25) is 0 Å². The summed E-state index contributed by atoms with van der Waals surface area (Å²) in [5.41, 5.74) is 2.04. The number of aryl methyl sites for hydroxylation is 3. The third kappa shape index (κ3) is 3.56. The molecule has 2 aromatic heterocycles. The first-order valence-corrected chi connectivity index (χ1v) is 9.12. The smallest absolute Gasteiger partial charge is 0.222 e. The quantitative estimate of drug-likeness (QED) is 0.920. The van der Waals surface area contributed by atoms with Crippen LogP contribution in [-0.4, -0.2) is 38.8 Å². The molecule has 1 aliphatic heterocycles. The van der Waals surface area contributed by atoms with Crippen LogP contribution < -0.4 is 5.32 Å². The van der Waals surface area contributed by atoms with Gasteiger partial charge in [0.05, 0.1) is 11.4 Å². The Hall–Kier alpha value is -2.02. The molecule has 0 radical (unpaired) electrons. The minimum absolute atomic E-state index is 0.218. The summed E-state index contributed by atoms with van der Waals surface area (Å²) in [5.74, 6) is 2.00. The zero-order chi connectivity index (χ0) is 17.3. The highest BCUT2D eigenvalue weighted by Gasteiger charge is 2.28. The molecule has 1 atom stereocenters. The van der Waals surface area contributed by atoms with Crippen LogP contribution in [0, 0.1) is 20.8 Å². The number of nitrogens with one attached hydrogen (secondary N) is 1. The summed E-state index contributed by atoms with van der Waals surface area (Å²) in [7, 11) is 0. The molecule has 1 N–H and O–H groups in total. The van der Waals surface area contributed by atoms with E-state index in [1.165, 1.54) is 4.88 Å². The van der Waals surface area contributed by atoms with Gasteiger partial charge in [-0.25, -0.2) is 15.0 Å². The van der Waals surface area contributed by atoms with Crippen molar-refractivity contribution in [1.82, 2.24) is 19.9 Å². The van der Waals surface area contributed by atoms with Crippen molar-refractivity contribution in [3.05, 3.63) is 28.2 Å². The van der Waals surface area contributed by atoms with Gasteiger partial charge in [0, 0.05) is 36.4 Å². The summed E-state index contributed by atoms with van der Waals surface area (Å²) >= 11 is 1.62. The molecule has 1 amide bonds. The van der Waals surface area contributed by atoms with Gasteiger partial charge in [0.1, 0.15) is 11.6 Å². The second kappa shape index (κ2) is 6.84. The predicted octanol–water partition coefficient (Wildman–Crippen LogP) is 3.33. The monoisotopic (exact) mass is 345 g/mol.